The van der Waals surface area contributed by atoms with Crippen LogP contribution in [0.4, 0.5) is 5.82 Å². The molecule has 0 fully saturated rings. The van der Waals surface area contributed by atoms with Crippen LogP contribution in [0, 0.1) is 0 Å². The van der Waals surface area contributed by atoms with Gasteiger partial charge in [-0.25, -0.2) is 13.4 Å². The molecule has 30 heavy (non-hydrogen) atoms. The first kappa shape index (κ1) is 22.1. The molecule has 0 amide bonds. The van der Waals surface area contributed by atoms with E-state index in [0.29, 0.717) is 15.7 Å². The van der Waals surface area contributed by atoms with Gasteiger partial charge in [0.1, 0.15) is 5.82 Å². The van der Waals surface area contributed by atoms with Crippen LogP contribution in [0.1, 0.15) is 42.4 Å². The van der Waals surface area contributed by atoms with E-state index in [-0.39, 0.29) is 28.3 Å². The van der Waals surface area contributed by atoms with Gasteiger partial charge in [0.15, 0.2) is 5.78 Å². The lowest BCUT2D eigenvalue weighted by Crippen LogP contribution is -2.16. The van der Waals surface area contributed by atoms with Gasteiger partial charge < -0.3 is 0 Å². The number of hydrogen-bond acceptors (Lipinski definition) is 5. The van der Waals surface area contributed by atoms with Gasteiger partial charge in [-0.2, -0.15) is 0 Å². The SMILES string of the molecule is CC(C)(C)c1ccc(S(=O)(=O)Nc2ccc(Br)c(CC(=O)c3cccnc3)n2)cc1. The molecule has 8 heteroatoms. The lowest BCUT2D eigenvalue weighted by Gasteiger charge is -2.19. The quantitative estimate of drug-likeness (QED) is 0.506. The van der Waals surface area contributed by atoms with E-state index in [1.54, 1.807) is 42.6 Å². The fraction of sp³-hybridized carbons (Fsp3) is 0.227. The maximum absolute atomic E-state index is 12.8. The third kappa shape index (κ3) is 5.31. The van der Waals surface area contributed by atoms with E-state index < -0.39 is 10.0 Å². The lowest BCUT2D eigenvalue weighted by atomic mass is 9.87. The molecule has 0 unspecified atom stereocenters. The molecule has 2 heterocycles. The average molecular weight is 488 g/mol. The number of pyridine rings is 2. The van der Waals surface area contributed by atoms with Crippen molar-refractivity contribution in [3.05, 3.63) is 82.2 Å². The summed E-state index contributed by atoms with van der Waals surface area (Å²) in [6, 6.07) is 13.3. The minimum absolute atomic E-state index is 0.0160. The second-order valence-electron chi connectivity index (χ2n) is 7.85. The summed E-state index contributed by atoms with van der Waals surface area (Å²) < 4.78 is 28.6. The van der Waals surface area contributed by atoms with Crippen LogP contribution in [-0.4, -0.2) is 24.2 Å². The summed E-state index contributed by atoms with van der Waals surface area (Å²) >= 11 is 3.37. The lowest BCUT2D eigenvalue weighted by molar-refractivity contribution is 0.0991. The topological polar surface area (TPSA) is 89.0 Å². The fourth-order valence-corrected chi connectivity index (χ4v) is 4.14. The number of rotatable bonds is 6. The zero-order valence-corrected chi connectivity index (χ0v) is 19.3. The maximum atomic E-state index is 12.8. The first-order valence-corrected chi connectivity index (χ1v) is 11.6. The van der Waals surface area contributed by atoms with Gasteiger partial charge in [0.25, 0.3) is 10.0 Å². The Labute approximate surface area is 185 Å². The third-order valence-electron chi connectivity index (χ3n) is 4.50. The predicted molar refractivity (Wildman–Crippen MR) is 120 cm³/mol. The second-order valence-corrected chi connectivity index (χ2v) is 10.4. The molecule has 1 aromatic carbocycles. The molecule has 0 aliphatic rings. The highest BCUT2D eigenvalue weighted by molar-refractivity contribution is 9.10. The van der Waals surface area contributed by atoms with E-state index in [1.165, 1.54) is 6.20 Å². The Hall–Kier alpha value is -2.58. The van der Waals surface area contributed by atoms with Crippen LogP contribution in [-0.2, 0) is 21.9 Å². The van der Waals surface area contributed by atoms with Gasteiger partial charge in [-0.15, -0.1) is 0 Å². The number of aromatic nitrogens is 2. The van der Waals surface area contributed by atoms with Crippen LogP contribution in [0.25, 0.3) is 0 Å². The Morgan fingerprint density at radius 3 is 2.37 bits per heavy atom. The second kappa shape index (κ2) is 8.65. The van der Waals surface area contributed by atoms with Crippen molar-refractivity contribution in [1.29, 1.82) is 0 Å². The standard InChI is InChI=1S/C22H22BrN3O3S/c1-22(2,3)16-6-8-17(9-7-16)30(28,29)26-21-11-10-18(23)19(25-21)13-20(27)15-5-4-12-24-14-15/h4-12,14H,13H2,1-3H3,(H,25,26). The molecule has 3 aromatic rings. The number of anilines is 1. The van der Waals surface area contributed by atoms with Gasteiger partial charge in [-0.3, -0.25) is 14.5 Å². The predicted octanol–water partition coefficient (Wildman–Crippen LogP) is 4.76. The van der Waals surface area contributed by atoms with Crippen LogP contribution < -0.4 is 4.72 Å². The normalized spacial score (nSPS) is 11.9. The van der Waals surface area contributed by atoms with E-state index in [0.717, 1.165) is 5.56 Å². The first-order valence-electron chi connectivity index (χ1n) is 9.28. The van der Waals surface area contributed by atoms with Crippen molar-refractivity contribution in [3.8, 4) is 0 Å². The maximum Gasteiger partial charge on any atom is 0.263 e. The third-order valence-corrected chi connectivity index (χ3v) is 6.59. The van der Waals surface area contributed by atoms with E-state index in [4.69, 9.17) is 0 Å². The molecule has 2 aromatic heterocycles. The number of carbonyl (C=O) groups excluding carboxylic acids is 1. The van der Waals surface area contributed by atoms with Gasteiger partial charge in [-0.05, 0) is 63.3 Å². The Morgan fingerprint density at radius 2 is 1.77 bits per heavy atom. The van der Waals surface area contributed by atoms with Crippen LogP contribution in [0.3, 0.4) is 0 Å². The Bertz CT molecular complexity index is 1160. The minimum Gasteiger partial charge on any atom is -0.294 e. The summed E-state index contributed by atoms with van der Waals surface area (Å²) in [5, 5.41) is 0. The van der Waals surface area contributed by atoms with Crippen LogP contribution >= 0.6 is 15.9 Å². The molecule has 3 rings (SSSR count). The molecule has 0 saturated heterocycles. The Balaban J connectivity index is 1.81. The zero-order chi connectivity index (χ0) is 21.9. The average Bonchev–Trinajstić information content (AvgIpc) is 2.70. The number of halogens is 1. The smallest absolute Gasteiger partial charge is 0.263 e. The van der Waals surface area contributed by atoms with Gasteiger partial charge in [0.2, 0.25) is 0 Å². The molecule has 0 aliphatic carbocycles. The van der Waals surface area contributed by atoms with Crippen molar-refractivity contribution < 1.29 is 13.2 Å². The van der Waals surface area contributed by atoms with Crippen LogP contribution in [0.15, 0.2) is 70.3 Å². The minimum atomic E-state index is -3.81. The highest BCUT2D eigenvalue weighted by Crippen LogP contribution is 2.25. The molecular formula is C22H22BrN3O3S. The summed E-state index contributed by atoms with van der Waals surface area (Å²) in [6.07, 6.45) is 3.10. The molecule has 0 aliphatic heterocycles. The molecule has 0 spiro atoms. The molecule has 0 radical (unpaired) electrons. The number of nitrogens with zero attached hydrogens (tertiary/aromatic N) is 2. The molecular weight excluding hydrogens is 466 g/mol. The van der Waals surface area contributed by atoms with Crippen molar-refractivity contribution in [2.45, 2.75) is 37.5 Å². The summed E-state index contributed by atoms with van der Waals surface area (Å²) in [4.78, 5) is 20.9. The number of benzene rings is 1. The molecule has 0 bridgehead atoms. The number of hydrogen-bond donors (Lipinski definition) is 1. The van der Waals surface area contributed by atoms with Crippen LogP contribution in [0.2, 0.25) is 0 Å². The van der Waals surface area contributed by atoms with Gasteiger partial charge in [0, 0.05) is 22.4 Å². The van der Waals surface area contributed by atoms with Crippen molar-refractivity contribution in [1.82, 2.24) is 9.97 Å². The highest BCUT2D eigenvalue weighted by Gasteiger charge is 2.19. The monoisotopic (exact) mass is 487 g/mol. The molecule has 6 nitrogen and oxygen atoms in total. The molecule has 156 valence electrons. The fourth-order valence-electron chi connectivity index (χ4n) is 2.78. The number of ketones is 1. The number of sulfonamides is 1. The van der Waals surface area contributed by atoms with E-state index >= 15 is 0 Å². The van der Waals surface area contributed by atoms with Crippen molar-refractivity contribution in [3.63, 3.8) is 0 Å². The van der Waals surface area contributed by atoms with Crippen molar-refractivity contribution in [2.24, 2.45) is 0 Å². The first-order chi connectivity index (χ1) is 14.1. The number of nitrogens with one attached hydrogen (secondary N) is 1. The molecule has 0 saturated carbocycles. The van der Waals surface area contributed by atoms with Gasteiger partial charge in [0.05, 0.1) is 17.0 Å². The van der Waals surface area contributed by atoms with Crippen molar-refractivity contribution >= 4 is 37.6 Å². The largest absolute Gasteiger partial charge is 0.294 e. The van der Waals surface area contributed by atoms with E-state index in [2.05, 4.69) is 51.4 Å². The van der Waals surface area contributed by atoms with Crippen LogP contribution in [0.5, 0.6) is 0 Å². The summed E-state index contributed by atoms with van der Waals surface area (Å²) in [5.41, 5.74) is 1.88. The highest BCUT2D eigenvalue weighted by atomic mass is 79.9. The number of carbonyl (C=O) groups is 1. The summed E-state index contributed by atoms with van der Waals surface area (Å²) in [6.45, 7) is 6.19. The Kier molecular flexibility index (Phi) is 6.38. The van der Waals surface area contributed by atoms with Gasteiger partial charge in [-0.1, -0.05) is 32.9 Å². The summed E-state index contributed by atoms with van der Waals surface area (Å²) in [5.74, 6) is -0.0128. The Morgan fingerprint density at radius 1 is 1.07 bits per heavy atom. The van der Waals surface area contributed by atoms with Gasteiger partial charge >= 0.3 is 0 Å². The van der Waals surface area contributed by atoms with E-state index in [1.807, 2.05) is 12.1 Å². The van der Waals surface area contributed by atoms with Crippen molar-refractivity contribution in [2.75, 3.05) is 4.72 Å². The number of Topliss-reactive ketones (excluding diaryl/α,β-unsaturated/α-hetero) is 1. The summed E-state index contributed by atoms with van der Waals surface area (Å²) in [7, 11) is -3.81. The van der Waals surface area contributed by atoms with E-state index in [9.17, 15) is 13.2 Å². The molecule has 0 atom stereocenters. The molecule has 1 N–H and O–H groups in total. The zero-order valence-electron chi connectivity index (χ0n) is 16.9.